The van der Waals surface area contributed by atoms with Crippen molar-refractivity contribution in [2.45, 2.75) is 33.8 Å². The number of aliphatic hydroxyl groups is 1. The lowest BCUT2D eigenvalue weighted by molar-refractivity contribution is 0.181. The third-order valence-electron chi connectivity index (χ3n) is 1.15. The van der Waals surface area contributed by atoms with Crippen LogP contribution in [-0.4, -0.2) is 11.2 Å². The first kappa shape index (κ1) is 9.52. The number of hydrogen-bond donors (Lipinski definition) is 1. The van der Waals surface area contributed by atoms with E-state index in [4.69, 9.17) is 0 Å². The summed E-state index contributed by atoms with van der Waals surface area (Å²) >= 11 is 0. The van der Waals surface area contributed by atoms with Gasteiger partial charge in [-0.15, -0.1) is 0 Å². The molecule has 1 unspecified atom stereocenters. The molecular weight excluding hydrogens is 124 g/mol. The highest BCUT2D eigenvalue weighted by Crippen LogP contribution is 1.99. The summed E-state index contributed by atoms with van der Waals surface area (Å²) in [5.74, 6) is 6.31. The molecule has 0 saturated heterocycles. The molecule has 1 N–H and O–H groups in total. The third-order valence-corrected chi connectivity index (χ3v) is 1.15. The Morgan fingerprint density at radius 2 is 1.50 bits per heavy atom. The van der Waals surface area contributed by atoms with Crippen molar-refractivity contribution in [1.29, 1.82) is 0 Å². The molecule has 1 heteroatoms. The fourth-order valence-corrected chi connectivity index (χ4v) is 0.419. The Hall–Kier alpha value is -0.480. The zero-order chi connectivity index (χ0) is 8.15. The molecule has 0 aromatic carbocycles. The van der Waals surface area contributed by atoms with Crippen LogP contribution in [0.3, 0.4) is 0 Å². The molecule has 0 aliphatic heterocycles. The van der Waals surface area contributed by atoms with Gasteiger partial charge in [0.2, 0.25) is 0 Å². The van der Waals surface area contributed by atoms with Crippen molar-refractivity contribution in [2.24, 2.45) is 11.8 Å². The van der Waals surface area contributed by atoms with Gasteiger partial charge < -0.3 is 5.11 Å². The molecule has 0 fully saturated rings. The van der Waals surface area contributed by atoms with Crippen molar-refractivity contribution in [3.8, 4) is 11.8 Å². The fraction of sp³-hybridized carbons (Fsp3) is 0.778. The van der Waals surface area contributed by atoms with Gasteiger partial charge in [0, 0.05) is 5.92 Å². The minimum atomic E-state index is -0.456. The van der Waals surface area contributed by atoms with Crippen LogP contribution < -0.4 is 0 Å². The van der Waals surface area contributed by atoms with Crippen molar-refractivity contribution < 1.29 is 5.11 Å². The first-order valence-corrected chi connectivity index (χ1v) is 3.73. The quantitative estimate of drug-likeness (QED) is 0.549. The van der Waals surface area contributed by atoms with Crippen LogP contribution in [0.4, 0.5) is 0 Å². The molecule has 0 aromatic heterocycles. The van der Waals surface area contributed by atoms with Crippen LogP contribution >= 0.6 is 0 Å². The molecule has 0 heterocycles. The summed E-state index contributed by atoms with van der Waals surface area (Å²) in [4.78, 5) is 0. The Balaban J connectivity index is 3.80. The molecular formula is C9H16O. The van der Waals surface area contributed by atoms with Crippen molar-refractivity contribution in [2.75, 3.05) is 0 Å². The standard InChI is InChI=1S/C9H16O/c1-7(2)5-6-9(10)8(3)4/h7-10H,1-4H3. The predicted octanol–water partition coefficient (Wildman–Crippen LogP) is 1.66. The molecule has 0 aliphatic rings. The minimum Gasteiger partial charge on any atom is -0.380 e. The van der Waals surface area contributed by atoms with Gasteiger partial charge in [-0.2, -0.15) is 0 Å². The molecule has 0 radical (unpaired) electrons. The molecule has 0 amide bonds. The second-order valence-corrected chi connectivity index (χ2v) is 3.13. The van der Waals surface area contributed by atoms with Crippen molar-refractivity contribution in [1.82, 2.24) is 0 Å². The van der Waals surface area contributed by atoms with E-state index in [0.717, 1.165) is 0 Å². The Morgan fingerprint density at radius 1 is 1.00 bits per heavy atom. The average molecular weight is 140 g/mol. The maximum absolute atomic E-state index is 9.20. The lowest BCUT2D eigenvalue weighted by Gasteiger charge is -2.05. The molecule has 0 spiro atoms. The van der Waals surface area contributed by atoms with Gasteiger partial charge in [0.1, 0.15) is 6.10 Å². The Labute approximate surface area is 63.5 Å². The van der Waals surface area contributed by atoms with Gasteiger partial charge in [-0.1, -0.05) is 39.5 Å². The Bertz CT molecular complexity index is 137. The molecule has 0 saturated carbocycles. The van der Waals surface area contributed by atoms with Gasteiger partial charge in [-0.05, 0) is 5.92 Å². The van der Waals surface area contributed by atoms with E-state index in [-0.39, 0.29) is 5.92 Å². The first-order valence-electron chi connectivity index (χ1n) is 3.73. The van der Waals surface area contributed by atoms with Gasteiger partial charge in [0.15, 0.2) is 0 Å². The largest absolute Gasteiger partial charge is 0.380 e. The van der Waals surface area contributed by atoms with E-state index in [0.29, 0.717) is 5.92 Å². The minimum absolute atomic E-state index is 0.242. The van der Waals surface area contributed by atoms with Gasteiger partial charge in [0.25, 0.3) is 0 Å². The summed E-state index contributed by atoms with van der Waals surface area (Å²) in [5.41, 5.74) is 0. The topological polar surface area (TPSA) is 20.2 Å². The lowest BCUT2D eigenvalue weighted by Crippen LogP contribution is -2.11. The van der Waals surface area contributed by atoms with E-state index < -0.39 is 6.10 Å². The normalized spacial score (nSPS) is 13.1. The third kappa shape index (κ3) is 4.40. The summed E-state index contributed by atoms with van der Waals surface area (Å²) in [5, 5.41) is 9.20. The van der Waals surface area contributed by atoms with Crippen LogP contribution in [0, 0.1) is 23.7 Å². The van der Waals surface area contributed by atoms with Crippen LogP contribution in [-0.2, 0) is 0 Å². The lowest BCUT2D eigenvalue weighted by atomic mass is 10.1. The maximum Gasteiger partial charge on any atom is 0.117 e. The van der Waals surface area contributed by atoms with E-state index >= 15 is 0 Å². The number of hydrogen-bond acceptors (Lipinski definition) is 1. The van der Waals surface area contributed by atoms with Crippen LogP contribution in [0.25, 0.3) is 0 Å². The Kier molecular flexibility index (Phi) is 4.14. The van der Waals surface area contributed by atoms with Gasteiger partial charge in [0.05, 0.1) is 0 Å². The molecule has 0 bridgehead atoms. The summed E-state index contributed by atoms with van der Waals surface area (Å²) in [6.07, 6.45) is -0.456. The van der Waals surface area contributed by atoms with Crippen molar-refractivity contribution in [3.05, 3.63) is 0 Å². The van der Waals surface area contributed by atoms with Crippen LogP contribution in [0.1, 0.15) is 27.7 Å². The monoisotopic (exact) mass is 140 g/mol. The van der Waals surface area contributed by atoms with Crippen LogP contribution in [0.2, 0.25) is 0 Å². The molecule has 1 nitrogen and oxygen atoms in total. The average Bonchev–Trinajstić information content (AvgIpc) is 1.82. The van der Waals surface area contributed by atoms with Crippen molar-refractivity contribution >= 4 is 0 Å². The van der Waals surface area contributed by atoms with E-state index in [2.05, 4.69) is 11.8 Å². The molecule has 0 rings (SSSR count). The van der Waals surface area contributed by atoms with E-state index in [1.165, 1.54) is 0 Å². The summed E-state index contributed by atoms with van der Waals surface area (Å²) in [7, 11) is 0. The summed E-state index contributed by atoms with van der Waals surface area (Å²) < 4.78 is 0. The van der Waals surface area contributed by atoms with Gasteiger partial charge >= 0.3 is 0 Å². The molecule has 58 valence electrons. The molecule has 1 atom stereocenters. The highest BCUT2D eigenvalue weighted by atomic mass is 16.3. The highest BCUT2D eigenvalue weighted by molar-refractivity contribution is 5.06. The summed E-state index contributed by atoms with van der Waals surface area (Å²) in [6, 6.07) is 0. The Morgan fingerprint density at radius 3 is 1.80 bits per heavy atom. The van der Waals surface area contributed by atoms with Crippen LogP contribution in [0.5, 0.6) is 0 Å². The fourth-order valence-electron chi connectivity index (χ4n) is 0.419. The predicted molar refractivity (Wildman–Crippen MR) is 43.5 cm³/mol. The van der Waals surface area contributed by atoms with Crippen LogP contribution in [0.15, 0.2) is 0 Å². The zero-order valence-electron chi connectivity index (χ0n) is 7.18. The second-order valence-electron chi connectivity index (χ2n) is 3.13. The van der Waals surface area contributed by atoms with E-state index in [9.17, 15) is 5.11 Å². The van der Waals surface area contributed by atoms with E-state index in [1.807, 2.05) is 27.7 Å². The number of rotatable bonds is 1. The second kappa shape index (κ2) is 4.35. The SMILES string of the molecule is CC(C)C#CC(O)C(C)C. The molecule has 0 aromatic rings. The summed E-state index contributed by atoms with van der Waals surface area (Å²) in [6.45, 7) is 7.94. The molecule has 0 aliphatic carbocycles. The van der Waals surface area contributed by atoms with Crippen molar-refractivity contribution in [3.63, 3.8) is 0 Å². The van der Waals surface area contributed by atoms with E-state index in [1.54, 1.807) is 0 Å². The first-order chi connectivity index (χ1) is 4.54. The smallest absolute Gasteiger partial charge is 0.117 e. The number of aliphatic hydroxyl groups excluding tert-OH is 1. The maximum atomic E-state index is 9.20. The van der Waals surface area contributed by atoms with Gasteiger partial charge in [-0.25, -0.2) is 0 Å². The highest BCUT2D eigenvalue weighted by Gasteiger charge is 2.03. The van der Waals surface area contributed by atoms with Gasteiger partial charge in [-0.3, -0.25) is 0 Å². The molecule has 10 heavy (non-hydrogen) atoms. The zero-order valence-corrected chi connectivity index (χ0v) is 7.18.